The van der Waals surface area contributed by atoms with Crippen molar-refractivity contribution in [1.29, 1.82) is 5.26 Å². The quantitative estimate of drug-likeness (QED) is 0.676. The Hall–Kier alpha value is -1.62. The van der Waals surface area contributed by atoms with E-state index < -0.39 is 5.41 Å². The summed E-state index contributed by atoms with van der Waals surface area (Å²) in [6, 6.07) is 10.3. The van der Waals surface area contributed by atoms with Gasteiger partial charge in [-0.2, -0.15) is 5.26 Å². The van der Waals surface area contributed by atoms with E-state index in [9.17, 15) is 0 Å². The Kier molecular flexibility index (Phi) is 3.26. The van der Waals surface area contributed by atoms with Crippen molar-refractivity contribution in [3.63, 3.8) is 0 Å². The van der Waals surface area contributed by atoms with Crippen LogP contribution in [-0.2, 0) is 5.41 Å². The maximum absolute atomic E-state index is 9.00. The molecule has 1 aromatic carbocycles. The molecule has 0 bridgehead atoms. The van der Waals surface area contributed by atoms with E-state index in [4.69, 9.17) is 5.26 Å². The third-order valence-electron chi connectivity index (χ3n) is 2.64. The first-order valence-electron chi connectivity index (χ1n) is 4.97. The number of hydrogen-bond acceptors (Lipinski definition) is 2. The number of nitriles is 1. The van der Waals surface area contributed by atoms with Gasteiger partial charge in [-0.1, -0.05) is 24.3 Å². The summed E-state index contributed by atoms with van der Waals surface area (Å²) in [5, 5.41) is 9.00. The fourth-order valence-electron chi connectivity index (χ4n) is 1.32. The summed E-state index contributed by atoms with van der Waals surface area (Å²) in [4.78, 5) is 4.12. The predicted octanol–water partition coefficient (Wildman–Crippen LogP) is 2.93. The second-order valence-electron chi connectivity index (χ2n) is 4.12. The molecule has 0 radical (unpaired) electrons. The van der Waals surface area contributed by atoms with E-state index in [-0.39, 0.29) is 0 Å². The molecule has 1 aromatic rings. The van der Waals surface area contributed by atoms with E-state index >= 15 is 0 Å². The molecule has 15 heavy (non-hydrogen) atoms. The first kappa shape index (κ1) is 11.5. The first-order valence-corrected chi connectivity index (χ1v) is 4.97. The zero-order valence-corrected chi connectivity index (χ0v) is 9.70. The summed E-state index contributed by atoms with van der Waals surface area (Å²) in [5.41, 5.74) is 2.74. The number of nitrogens with zero attached hydrogens (tertiary/aromatic N) is 2. The van der Waals surface area contributed by atoms with Crippen LogP contribution in [0.25, 0.3) is 0 Å². The van der Waals surface area contributed by atoms with Gasteiger partial charge in [-0.15, -0.1) is 0 Å². The van der Waals surface area contributed by atoms with Crippen LogP contribution in [0.2, 0.25) is 0 Å². The van der Waals surface area contributed by atoms with Crippen molar-refractivity contribution in [2.75, 3.05) is 7.05 Å². The molecule has 0 atom stereocenters. The number of aliphatic imine (C=N–C) groups is 1. The van der Waals surface area contributed by atoms with Crippen LogP contribution in [0, 0.1) is 11.3 Å². The molecular formula is C13H16N2. The molecule has 0 aliphatic carbocycles. The average molecular weight is 200 g/mol. The van der Waals surface area contributed by atoms with E-state index in [0.717, 1.165) is 16.8 Å². The lowest BCUT2D eigenvalue weighted by Crippen LogP contribution is -2.13. The second-order valence-corrected chi connectivity index (χ2v) is 4.12. The SMILES string of the molecule is CN=C(C)c1ccc(C(C)(C)C#N)cc1. The summed E-state index contributed by atoms with van der Waals surface area (Å²) in [6.07, 6.45) is 0. The van der Waals surface area contributed by atoms with Gasteiger partial charge in [0, 0.05) is 12.8 Å². The summed E-state index contributed by atoms with van der Waals surface area (Å²) in [5.74, 6) is 0. The van der Waals surface area contributed by atoms with Gasteiger partial charge >= 0.3 is 0 Å². The van der Waals surface area contributed by atoms with E-state index in [1.165, 1.54) is 0 Å². The van der Waals surface area contributed by atoms with Crippen molar-refractivity contribution >= 4 is 5.71 Å². The molecule has 0 N–H and O–H groups in total. The lowest BCUT2D eigenvalue weighted by molar-refractivity contribution is 0.687. The van der Waals surface area contributed by atoms with Gasteiger partial charge in [0.15, 0.2) is 0 Å². The predicted molar refractivity (Wildman–Crippen MR) is 63.2 cm³/mol. The third kappa shape index (κ3) is 2.44. The molecule has 0 spiro atoms. The Balaban J connectivity index is 3.07. The molecule has 0 aliphatic heterocycles. The fourth-order valence-corrected chi connectivity index (χ4v) is 1.32. The van der Waals surface area contributed by atoms with Crippen LogP contribution in [0.3, 0.4) is 0 Å². The van der Waals surface area contributed by atoms with E-state index in [1.54, 1.807) is 7.05 Å². The topological polar surface area (TPSA) is 36.1 Å². The van der Waals surface area contributed by atoms with Gasteiger partial charge in [0.05, 0.1) is 11.5 Å². The van der Waals surface area contributed by atoms with E-state index in [1.807, 2.05) is 45.0 Å². The number of rotatable bonds is 2. The highest BCUT2D eigenvalue weighted by atomic mass is 14.7. The van der Waals surface area contributed by atoms with Gasteiger partial charge in [0.25, 0.3) is 0 Å². The largest absolute Gasteiger partial charge is 0.293 e. The van der Waals surface area contributed by atoms with Crippen molar-refractivity contribution in [2.45, 2.75) is 26.2 Å². The molecule has 0 aromatic heterocycles. The van der Waals surface area contributed by atoms with Crippen LogP contribution in [0.1, 0.15) is 31.9 Å². The summed E-state index contributed by atoms with van der Waals surface area (Å²) < 4.78 is 0. The van der Waals surface area contributed by atoms with Gasteiger partial charge in [-0.05, 0) is 31.9 Å². The van der Waals surface area contributed by atoms with Crippen molar-refractivity contribution < 1.29 is 0 Å². The van der Waals surface area contributed by atoms with Crippen molar-refractivity contribution in [2.24, 2.45) is 4.99 Å². The molecule has 0 fully saturated rings. The summed E-state index contributed by atoms with van der Waals surface area (Å²) in [7, 11) is 1.78. The Morgan fingerprint density at radius 3 is 2.20 bits per heavy atom. The molecule has 2 nitrogen and oxygen atoms in total. The summed E-state index contributed by atoms with van der Waals surface area (Å²) in [6.45, 7) is 5.82. The lowest BCUT2D eigenvalue weighted by atomic mass is 9.86. The molecule has 0 saturated carbocycles. The van der Waals surface area contributed by atoms with Gasteiger partial charge in [-0.3, -0.25) is 4.99 Å². The molecule has 0 amide bonds. The standard InChI is InChI=1S/C13H16N2/c1-10(15-4)11-5-7-12(8-6-11)13(2,3)9-14/h5-8H,1-4H3. The van der Waals surface area contributed by atoms with Gasteiger partial charge in [-0.25, -0.2) is 0 Å². The maximum atomic E-state index is 9.00. The molecule has 2 heteroatoms. The molecular weight excluding hydrogens is 184 g/mol. The van der Waals surface area contributed by atoms with Crippen molar-refractivity contribution in [3.8, 4) is 6.07 Å². The highest BCUT2D eigenvalue weighted by Crippen LogP contribution is 2.22. The van der Waals surface area contributed by atoms with Crippen molar-refractivity contribution in [1.82, 2.24) is 0 Å². The average Bonchev–Trinajstić information content (AvgIpc) is 2.28. The van der Waals surface area contributed by atoms with E-state index in [2.05, 4.69) is 11.1 Å². The second kappa shape index (κ2) is 4.27. The Morgan fingerprint density at radius 1 is 1.27 bits per heavy atom. The maximum Gasteiger partial charge on any atom is 0.0766 e. The lowest BCUT2D eigenvalue weighted by Gasteiger charge is -2.15. The monoisotopic (exact) mass is 200 g/mol. The number of benzene rings is 1. The molecule has 1 rings (SSSR count). The Bertz CT molecular complexity index is 405. The van der Waals surface area contributed by atoms with Crippen molar-refractivity contribution in [3.05, 3.63) is 35.4 Å². The first-order chi connectivity index (χ1) is 7.01. The molecule has 0 heterocycles. The van der Waals surface area contributed by atoms with Crippen LogP contribution < -0.4 is 0 Å². The third-order valence-corrected chi connectivity index (χ3v) is 2.64. The van der Waals surface area contributed by atoms with Crippen LogP contribution in [0.5, 0.6) is 0 Å². The fraction of sp³-hybridized carbons (Fsp3) is 0.385. The minimum Gasteiger partial charge on any atom is -0.293 e. The normalized spacial score (nSPS) is 12.3. The van der Waals surface area contributed by atoms with E-state index in [0.29, 0.717) is 0 Å². The Morgan fingerprint density at radius 2 is 1.80 bits per heavy atom. The molecule has 0 saturated heterocycles. The number of hydrogen-bond donors (Lipinski definition) is 0. The smallest absolute Gasteiger partial charge is 0.0766 e. The minimum absolute atomic E-state index is 0.421. The van der Waals surface area contributed by atoms with Crippen LogP contribution in [0.15, 0.2) is 29.3 Å². The zero-order valence-electron chi connectivity index (χ0n) is 9.70. The minimum atomic E-state index is -0.421. The van der Waals surface area contributed by atoms with Gasteiger partial charge in [0.1, 0.15) is 0 Å². The zero-order chi connectivity index (χ0) is 11.5. The highest BCUT2D eigenvalue weighted by Gasteiger charge is 2.19. The van der Waals surface area contributed by atoms with Gasteiger partial charge in [0.2, 0.25) is 0 Å². The van der Waals surface area contributed by atoms with Crippen LogP contribution in [-0.4, -0.2) is 12.8 Å². The highest BCUT2D eigenvalue weighted by molar-refractivity contribution is 5.98. The molecule has 78 valence electrons. The van der Waals surface area contributed by atoms with Crippen LogP contribution in [0.4, 0.5) is 0 Å². The molecule has 0 aliphatic rings. The molecule has 0 unspecified atom stereocenters. The van der Waals surface area contributed by atoms with Crippen LogP contribution >= 0.6 is 0 Å². The van der Waals surface area contributed by atoms with Gasteiger partial charge < -0.3 is 0 Å². The summed E-state index contributed by atoms with van der Waals surface area (Å²) >= 11 is 0. The Labute approximate surface area is 91.3 Å².